The summed E-state index contributed by atoms with van der Waals surface area (Å²) in [6.45, 7) is 2.99. The van der Waals surface area contributed by atoms with Crippen molar-refractivity contribution in [2.75, 3.05) is 0 Å². The van der Waals surface area contributed by atoms with E-state index in [4.69, 9.17) is 4.52 Å². The van der Waals surface area contributed by atoms with Crippen LogP contribution in [0.4, 0.5) is 0 Å². The lowest BCUT2D eigenvalue weighted by molar-refractivity contribution is 0.364. The van der Waals surface area contributed by atoms with Crippen molar-refractivity contribution in [2.45, 2.75) is 20.0 Å². The van der Waals surface area contributed by atoms with E-state index in [0.29, 0.717) is 24.8 Å². The van der Waals surface area contributed by atoms with Crippen molar-refractivity contribution < 1.29 is 4.52 Å². The summed E-state index contributed by atoms with van der Waals surface area (Å²) in [6, 6.07) is 5.81. The fraction of sp³-hybridized carbons (Fsp3) is 0.231. The van der Waals surface area contributed by atoms with Crippen LogP contribution in [0.5, 0.6) is 0 Å². The number of pyridine rings is 1. The number of hydrogen-bond acceptors (Lipinski definition) is 7. The molecule has 0 aliphatic heterocycles. The molecular weight excluding hydrogens is 274 g/mol. The van der Waals surface area contributed by atoms with Gasteiger partial charge in [0.05, 0.1) is 17.9 Å². The van der Waals surface area contributed by atoms with Crippen LogP contribution in [0.15, 0.2) is 34.3 Å². The van der Waals surface area contributed by atoms with E-state index in [9.17, 15) is 0 Å². The summed E-state index contributed by atoms with van der Waals surface area (Å²) in [7, 11) is 0. The number of aromatic nitrogens is 4. The van der Waals surface area contributed by atoms with Crippen LogP contribution in [-0.4, -0.2) is 20.1 Å². The van der Waals surface area contributed by atoms with Crippen LogP contribution >= 0.6 is 11.3 Å². The summed E-state index contributed by atoms with van der Waals surface area (Å²) in [5.41, 5.74) is 1.88. The Morgan fingerprint density at radius 2 is 2.20 bits per heavy atom. The third-order valence-corrected chi connectivity index (χ3v) is 3.50. The van der Waals surface area contributed by atoms with Gasteiger partial charge >= 0.3 is 0 Å². The molecule has 7 heteroatoms. The van der Waals surface area contributed by atoms with Crippen LogP contribution in [0, 0.1) is 6.92 Å². The molecule has 0 aliphatic rings. The van der Waals surface area contributed by atoms with E-state index in [2.05, 4.69) is 25.4 Å². The van der Waals surface area contributed by atoms with Gasteiger partial charge in [0.25, 0.3) is 0 Å². The van der Waals surface area contributed by atoms with Crippen molar-refractivity contribution >= 4 is 11.3 Å². The van der Waals surface area contributed by atoms with E-state index in [1.165, 1.54) is 0 Å². The van der Waals surface area contributed by atoms with Crippen LogP contribution in [0.3, 0.4) is 0 Å². The molecule has 1 N–H and O–H groups in total. The maximum absolute atomic E-state index is 5.03. The lowest BCUT2D eigenvalue weighted by atomic mass is 10.3. The zero-order chi connectivity index (χ0) is 13.8. The molecule has 0 aliphatic carbocycles. The van der Waals surface area contributed by atoms with E-state index >= 15 is 0 Å². The first-order chi connectivity index (χ1) is 9.81. The van der Waals surface area contributed by atoms with Gasteiger partial charge in [-0.15, -0.1) is 11.3 Å². The van der Waals surface area contributed by atoms with Gasteiger partial charge in [-0.2, -0.15) is 4.98 Å². The molecule has 0 aromatic carbocycles. The highest BCUT2D eigenvalue weighted by Gasteiger charge is 2.06. The number of thiazole rings is 1. The number of aryl methyl sites for hydroxylation is 1. The lowest BCUT2D eigenvalue weighted by Gasteiger charge is -1.97. The maximum atomic E-state index is 5.03. The summed E-state index contributed by atoms with van der Waals surface area (Å²) in [4.78, 5) is 13.0. The fourth-order valence-electron chi connectivity index (χ4n) is 1.70. The van der Waals surface area contributed by atoms with Crippen molar-refractivity contribution in [1.82, 2.24) is 25.4 Å². The topological polar surface area (TPSA) is 76.7 Å². The van der Waals surface area contributed by atoms with Gasteiger partial charge in [-0.05, 0) is 19.1 Å². The molecule has 6 nitrogen and oxygen atoms in total. The van der Waals surface area contributed by atoms with E-state index in [0.717, 1.165) is 16.4 Å². The molecule has 0 amide bonds. The first-order valence-corrected chi connectivity index (χ1v) is 7.05. The molecular formula is C13H13N5OS. The summed E-state index contributed by atoms with van der Waals surface area (Å²) in [5.74, 6) is 1.23. The minimum Gasteiger partial charge on any atom is -0.338 e. The molecule has 0 unspecified atom stereocenters. The third-order valence-electron chi connectivity index (χ3n) is 2.59. The van der Waals surface area contributed by atoms with Gasteiger partial charge in [0.2, 0.25) is 5.89 Å². The van der Waals surface area contributed by atoms with Gasteiger partial charge in [0.1, 0.15) is 5.01 Å². The molecule has 3 rings (SSSR count). The smallest absolute Gasteiger partial charge is 0.240 e. The van der Waals surface area contributed by atoms with Crippen molar-refractivity contribution in [3.05, 3.63) is 47.2 Å². The average molecular weight is 287 g/mol. The predicted molar refractivity (Wildman–Crippen MR) is 74.9 cm³/mol. The van der Waals surface area contributed by atoms with Gasteiger partial charge in [-0.1, -0.05) is 11.2 Å². The number of rotatable bonds is 5. The highest BCUT2D eigenvalue weighted by Crippen LogP contribution is 2.21. The Balaban J connectivity index is 1.58. The van der Waals surface area contributed by atoms with Crippen LogP contribution in [0.2, 0.25) is 0 Å². The fourth-order valence-corrected chi connectivity index (χ4v) is 2.50. The largest absolute Gasteiger partial charge is 0.338 e. The molecule has 3 heterocycles. The zero-order valence-electron chi connectivity index (χ0n) is 10.9. The summed E-state index contributed by atoms with van der Waals surface area (Å²) < 4.78 is 5.03. The van der Waals surface area contributed by atoms with Crippen LogP contribution in [-0.2, 0) is 13.1 Å². The Morgan fingerprint density at radius 3 is 2.95 bits per heavy atom. The lowest BCUT2D eigenvalue weighted by Crippen LogP contribution is -2.13. The normalized spacial score (nSPS) is 10.8. The van der Waals surface area contributed by atoms with Gasteiger partial charge in [-0.3, -0.25) is 4.98 Å². The van der Waals surface area contributed by atoms with E-state index in [1.54, 1.807) is 24.5 Å². The third kappa shape index (κ3) is 3.06. The molecule has 0 saturated heterocycles. The highest BCUT2D eigenvalue weighted by atomic mass is 32.1. The molecule has 0 atom stereocenters. The van der Waals surface area contributed by atoms with Crippen LogP contribution < -0.4 is 5.32 Å². The number of nitrogens with zero attached hydrogens (tertiary/aromatic N) is 4. The quantitative estimate of drug-likeness (QED) is 0.775. The Labute approximate surface area is 119 Å². The SMILES string of the molecule is Cc1noc(CNCc2csc(-c3ccccn3)n2)n1. The van der Waals surface area contributed by atoms with Crippen molar-refractivity contribution in [1.29, 1.82) is 0 Å². The molecule has 102 valence electrons. The van der Waals surface area contributed by atoms with Crippen molar-refractivity contribution in [2.24, 2.45) is 0 Å². The average Bonchev–Trinajstić information content (AvgIpc) is 3.09. The monoisotopic (exact) mass is 287 g/mol. The summed E-state index contributed by atoms with van der Waals surface area (Å²) in [6.07, 6.45) is 1.77. The van der Waals surface area contributed by atoms with E-state index in [1.807, 2.05) is 23.6 Å². The first kappa shape index (κ1) is 12.9. The first-order valence-electron chi connectivity index (χ1n) is 6.17. The Hall–Kier alpha value is -2.12. The van der Waals surface area contributed by atoms with Gasteiger partial charge in [0.15, 0.2) is 5.82 Å². The molecule has 3 aromatic rings. The van der Waals surface area contributed by atoms with Crippen LogP contribution in [0.25, 0.3) is 10.7 Å². The minimum atomic E-state index is 0.539. The van der Waals surface area contributed by atoms with Crippen molar-refractivity contribution in [3.8, 4) is 10.7 Å². The predicted octanol–water partition coefficient (Wildman–Crippen LogP) is 2.19. The number of nitrogens with one attached hydrogen (secondary N) is 1. The Morgan fingerprint density at radius 1 is 1.25 bits per heavy atom. The molecule has 20 heavy (non-hydrogen) atoms. The zero-order valence-corrected chi connectivity index (χ0v) is 11.7. The Kier molecular flexibility index (Phi) is 3.80. The van der Waals surface area contributed by atoms with Gasteiger partial charge < -0.3 is 9.84 Å². The second kappa shape index (κ2) is 5.89. The second-order valence-electron chi connectivity index (χ2n) is 4.20. The van der Waals surface area contributed by atoms with Crippen molar-refractivity contribution in [3.63, 3.8) is 0 Å². The van der Waals surface area contributed by atoms with Gasteiger partial charge in [-0.25, -0.2) is 4.98 Å². The van der Waals surface area contributed by atoms with E-state index in [-0.39, 0.29) is 0 Å². The van der Waals surface area contributed by atoms with Crippen LogP contribution in [0.1, 0.15) is 17.4 Å². The van der Waals surface area contributed by atoms with Gasteiger partial charge in [0, 0.05) is 18.1 Å². The molecule has 0 radical (unpaired) electrons. The summed E-state index contributed by atoms with van der Waals surface area (Å²) >= 11 is 1.59. The molecule has 3 aromatic heterocycles. The van der Waals surface area contributed by atoms with E-state index < -0.39 is 0 Å². The Bertz CT molecular complexity index is 679. The maximum Gasteiger partial charge on any atom is 0.240 e. The highest BCUT2D eigenvalue weighted by molar-refractivity contribution is 7.13. The molecule has 0 saturated carbocycles. The standard InChI is InChI=1S/C13H13N5OS/c1-9-16-12(19-18-9)7-14-6-10-8-20-13(17-10)11-4-2-3-5-15-11/h2-5,8,14H,6-7H2,1H3. The molecule has 0 bridgehead atoms. The molecule has 0 spiro atoms. The number of hydrogen-bond donors (Lipinski definition) is 1. The summed E-state index contributed by atoms with van der Waals surface area (Å²) in [5, 5.41) is 9.91. The molecule has 0 fully saturated rings. The minimum absolute atomic E-state index is 0.539. The second-order valence-corrected chi connectivity index (χ2v) is 5.06.